The topological polar surface area (TPSA) is 59.8 Å². The van der Waals surface area contributed by atoms with Gasteiger partial charge in [-0.25, -0.2) is 0 Å². The van der Waals surface area contributed by atoms with Crippen molar-refractivity contribution in [1.29, 1.82) is 0 Å². The van der Waals surface area contributed by atoms with E-state index in [2.05, 4.69) is 33.7 Å². The van der Waals surface area contributed by atoms with Crippen LogP contribution in [-0.4, -0.2) is 26.4 Å². The lowest BCUT2D eigenvalue weighted by Gasteiger charge is -2.11. The normalized spacial score (nSPS) is 10.8. The Labute approximate surface area is 190 Å². The van der Waals surface area contributed by atoms with Crippen molar-refractivity contribution in [3.05, 3.63) is 88.9 Å². The van der Waals surface area contributed by atoms with E-state index < -0.39 is 0 Å². The second-order valence-corrected chi connectivity index (χ2v) is 8.57. The van der Waals surface area contributed by atoms with Gasteiger partial charge in [0.05, 0.1) is 5.75 Å². The number of hydrogen-bond acceptors (Lipinski definition) is 4. The third-order valence-corrected chi connectivity index (χ3v) is 5.81. The molecule has 1 N–H and O–H groups in total. The lowest BCUT2D eigenvalue weighted by Crippen LogP contribution is -2.14. The van der Waals surface area contributed by atoms with Gasteiger partial charge >= 0.3 is 0 Å². The highest BCUT2D eigenvalue weighted by molar-refractivity contribution is 7.99. The van der Waals surface area contributed by atoms with Gasteiger partial charge in [0.25, 0.3) is 0 Å². The number of nitrogens with zero attached hydrogens (tertiary/aromatic N) is 3. The first-order valence-electron chi connectivity index (χ1n) is 9.77. The van der Waals surface area contributed by atoms with E-state index in [9.17, 15) is 4.79 Å². The molecule has 1 heterocycles. The predicted molar refractivity (Wildman–Crippen MR) is 127 cm³/mol. The molecule has 4 rings (SSSR count). The fourth-order valence-corrected chi connectivity index (χ4v) is 4.10. The standard InChI is InChI=1S/C24H21ClN4OS/c1-16-9-11-21(12-10-16)29-23(18-6-3-5-17(2)13-18)27-28-24(29)31-15-22(30)26-20-8-4-7-19(25)14-20/h3-14H,15H2,1-2H3,(H,26,30). The molecule has 0 atom stereocenters. The maximum atomic E-state index is 12.5. The molecule has 0 radical (unpaired) electrons. The van der Waals surface area contributed by atoms with Crippen LogP contribution in [0.3, 0.4) is 0 Å². The van der Waals surface area contributed by atoms with Gasteiger partial charge in [-0.05, 0) is 50.2 Å². The summed E-state index contributed by atoms with van der Waals surface area (Å²) in [6.07, 6.45) is 0. The number of benzene rings is 3. The summed E-state index contributed by atoms with van der Waals surface area (Å²) >= 11 is 7.34. The van der Waals surface area contributed by atoms with Crippen molar-refractivity contribution in [3.63, 3.8) is 0 Å². The molecular formula is C24H21ClN4OS. The number of aromatic nitrogens is 3. The molecule has 5 nitrogen and oxygen atoms in total. The number of amides is 1. The lowest BCUT2D eigenvalue weighted by atomic mass is 10.1. The number of thioether (sulfide) groups is 1. The molecule has 0 aliphatic carbocycles. The third kappa shape index (κ3) is 5.16. The number of carbonyl (C=O) groups is 1. The molecular weight excluding hydrogens is 428 g/mol. The molecule has 156 valence electrons. The second kappa shape index (κ2) is 9.37. The van der Waals surface area contributed by atoms with Crippen LogP contribution in [0, 0.1) is 13.8 Å². The molecule has 0 saturated heterocycles. The van der Waals surface area contributed by atoms with E-state index in [1.165, 1.54) is 17.3 Å². The van der Waals surface area contributed by atoms with Crippen LogP contribution < -0.4 is 5.32 Å². The Morgan fingerprint density at radius 1 is 0.968 bits per heavy atom. The van der Waals surface area contributed by atoms with Crippen LogP contribution in [0.15, 0.2) is 78.0 Å². The maximum Gasteiger partial charge on any atom is 0.234 e. The van der Waals surface area contributed by atoms with E-state index >= 15 is 0 Å². The smallest absolute Gasteiger partial charge is 0.234 e. The zero-order chi connectivity index (χ0) is 21.8. The van der Waals surface area contributed by atoms with E-state index in [-0.39, 0.29) is 11.7 Å². The number of anilines is 1. The minimum atomic E-state index is -0.136. The Balaban J connectivity index is 1.61. The molecule has 0 aliphatic heterocycles. The molecule has 3 aromatic carbocycles. The average Bonchev–Trinajstić information content (AvgIpc) is 3.17. The van der Waals surface area contributed by atoms with Gasteiger partial charge < -0.3 is 5.32 Å². The summed E-state index contributed by atoms with van der Waals surface area (Å²) in [4.78, 5) is 12.5. The molecule has 0 fully saturated rings. The summed E-state index contributed by atoms with van der Waals surface area (Å²) in [5.41, 5.74) is 4.90. The highest BCUT2D eigenvalue weighted by Crippen LogP contribution is 2.28. The quantitative estimate of drug-likeness (QED) is 0.371. The Bertz CT molecular complexity index is 1220. The first kappa shape index (κ1) is 21.2. The molecule has 0 aliphatic rings. The fourth-order valence-electron chi connectivity index (χ4n) is 3.15. The number of aryl methyl sites for hydroxylation is 2. The summed E-state index contributed by atoms with van der Waals surface area (Å²) in [5, 5.41) is 12.9. The van der Waals surface area contributed by atoms with Crippen LogP contribution >= 0.6 is 23.4 Å². The third-order valence-electron chi connectivity index (χ3n) is 4.64. The maximum absolute atomic E-state index is 12.5. The van der Waals surface area contributed by atoms with Crippen molar-refractivity contribution in [2.75, 3.05) is 11.1 Å². The minimum Gasteiger partial charge on any atom is -0.325 e. The number of rotatable bonds is 6. The Morgan fingerprint density at radius 3 is 2.48 bits per heavy atom. The number of hydrogen-bond donors (Lipinski definition) is 1. The van der Waals surface area contributed by atoms with Crippen LogP contribution in [-0.2, 0) is 4.79 Å². The number of nitrogens with one attached hydrogen (secondary N) is 1. The summed E-state index contributed by atoms with van der Waals surface area (Å²) in [6, 6.07) is 23.4. The second-order valence-electron chi connectivity index (χ2n) is 7.19. The van der Waals surface area contributed by atoms with E-state index in [0.717, 1.165) is 22.6 Å². The lowest BCUT2D eigenvalue weighted by molar-refractivity contribution is -0.113. The SMILES string of the molecule is Cc1ccc(-n2c(SCC(=O)Nc3cccc(Cl)c3)nnc2-c2cccc(C)c2)cc1. The van der Waals surface area contributed by atoms with Crippen LogP contribution in [0.2, 0.25) is 5.02 Å². The van der Waals surface area contributed by atoms with E-state index in [4.69, 9.17) is 11.6 Å². The minimum absolute atomic E-state index is 0.136. The molecule has 4 aromatic rings. The highest BCUT2D eigenvalue weighted by Gasteiger charge is 2.17. The first-order chi connectivity index (χ1) is 15.0. The molecule has 1 amide bonds. The Hall–Kier alpha value is -3.09. The fraction of sp³-hybridized carbons (Fsp3) is 0.125. The van der Waals surface area contributed by atoms with E-state index in [1.54, 1.807) is 24.3 Å². The van der Waals surface area contributed by atoms with Crippen LogP contribution in [0.25, 0.3) is 17.1 Å². The van der Waals surface area contributed by atoms with Gasteiger partial charge in [-0.3, -0.25) is 9.36 Å². The van der Waals surface area contributed by atoms with Gasteiger partial charge in [-0.15, -0.1) is 10.2 Å². The van der Waals surface area contributed by atoms with E-state index in [0.29, 0.717) is 15.9 Å². The largest absolute Gasteiger partial charge is 0.325 e. The summed E-state index contributed by atoms with van der Waals surface area (Å²) < 4.78 is 1.99. The van der Waals surface area contributed by atoms with Crippen molar-refractivity contribution in [2.45, 2.75) is 19.0 Å². The molecule has 0 unspecified atom stereocenters. The molecule has 0 spiro atoms. The van der Waals surface area contributed by atoms with Crippen LogP contribution in [0.1, 0.15) is 11.1 Å². The summed E-state index contributed by atoms with van der Waals surface area (Å²) in [6.45, 7) is 4.10. The number of halogens is 1. The summed E-state index contributed by atoms with van der Waals surface area (Å²) in [5.74, 6) is 0.803. The van der Waals surface area contributed by atoms with Gasteiger partial charge in [-0.2, -0.15) is 0 Å². The Kier molecular flexibility index (Phi) is 6.39. The van der Waals surface area contributed by atoms with Crippen LogP contribution in [0.4, 0.5) is 5.69 Å². The Morgan fingerprint density at radius 2 is 1.74 bits per heavy atom. The molecule has 1 aromatic heterocycles. The van der Waals surface area contributed by atoms with Crippen molar-refractivity contribution in [2.24, 2.45) is 0 Å². The van der Waals surface area contributed by atoms with Crippen molar-refractivity contribution in [1.82, 2.24) is 14.8 Å². The summed E-state index contributed by atoms with van der Waals surface area (Å²) in [7, 11) is 0. The zero-order valence-corrected chi connectivity index (χ0v) is 18.7. The first-order valence-corrected chi connectivity index (χ1v) is 11.1. The van der Waals surface area contributed by atoms with E-state index in [1.807, 2.05) is 48.7 Å². The zero-order valence-electron chi connectivity index (χ0n) is 17.2. The van der Waals surface area contributed by atoms with Gasteiger partial charge in [0, 0.05) is 22.0 Å². The van der Waals surface area contributed by atoms with Crippen molar-refractivity contribution < 1.29 is 4.79 Å². The molecule has 0 bridgehead atoms. The van der Waals surface area contributed by atoms with Gasteiger partial charge in [0.15, 0.2) is 11.0 Å². The molecule has 0 saturated carbocycles. The van der Waals surface area contributed by atoms with Gasteiger partial charge in [0.1, 0.15) is 0 Å². The van der Waals surface area contributed by atoms with Gasteiger partial charge in [0.2, 0.25) is 5.91 Å². The van der Waals surface area contributed by atoms with Crippen molar-refractivity contribution in [3.8, 4) is 17.1 Å². The highest BCUT2D eigenvalue weighted by atomic mass is 35.5. The number of carbonyl (C=O) groups excluding carboxylic acids is 1. The molecule has 7 heteroatoms. The average molecular weight is 449 g/mol. The van der Waals surface area contributed by atoms with Crippen LogP contribution in [0.5, 0.6) is 0 Å². The molecule has 31 heavy (non-hydrogen) atoms. The monoisotopic (exact) mass is 448 g/mol. The predicted octanol–water partition coefficient (Wildman–Crippen LogP) is 5.94. The van der Waals surface area contributed by atoms with Gasteiger partial charge in [-0.1, -0.05) is 70.9 Å². The van der Waals surface area contributed by atoms with Crippen molar-refractivity contribution >= 4 is 35.0 Å².